The van der Waals surface area contributed by atoms with Crippen molar-refractivity contribution in [3.63, 3.8) is 0 Å². The molecule has 0 saturated carbocycles. The minimum absolute atomic E-state index is 0.106. The first-order valence-electron chi connectivity index (χ1n) is 43.0. The van der Waals surface area contributed by atoms with Crippen LogP contribution in [0.2, 0.25) is 0 Å². The lowest BCUT2D eigenvalue weighted by Gasteiger charge is -2.21. The van der Waals surface area contributed by atoms with Crippen molar-refractivity contribution in [3.05, 3.63) is 0 Å². The van der Waals surface area contributed by atoms with Crippen molar-refractivity contribution < 1.29 is 80.2 Å². The third kappa shape index (κ3) is 74.9. The van der Waals surface area contributed by atoms with E-state index in [1.807, 2.05) is 0 Å². The summed E-state index contributed by atoms with van der Waals surface area (Å²) in [5.41, 5.74) is 0. The topological polar surface area (TPSA) is 237 Å². The van der Waals surface area contributed by atoms with Gasteiger partial charge in [0.2, 0.25) is 0 Å². The fourth-order valence-corrected chi connectivity index (χ4v) is 14.4. The van der Waals surface area contributed by atoms with Crippen molar-refractivity contribution >= 4 is 39.5 Å². The van der Waals surface area contributed by atoms with Crippen LogP contribution in [0.4, 0.5) is 0 Å². The van der Waals surface area contributed by atoms with Gasteiger partial charge in [-0.3, -0.25) is 37.3 Å². The summed E-state index contributed by atoms with van der Waals surface area (Å²) in [6, 6.07) is 0. The molecule has 0 fully saturated rings. The Morgan fingerprint density at radius 2 is 0.500 bits per heavy atom. The number of carbonyl (C=O) groups is 4. The van der Waals surface area contributed by atoms with Crippen molar-refractivity contribution in [1.29, 1.82) is 0 Å². The molecule has 19 heteroatoms. The summed E-state index contributed by atoms with van der Waals surface area (Å²) in [6.45, 7) is 9.67. The Kier molecular flexibility index (Phi) is 73.1. The second kappa shape index (κ2) is 74.5. The van der Waals surface area contributed by atoms with E-state index in [1.165, 1.54) is 257 Å². The Bertz CT molecular complexity index is 1960. The molecule has 3 unspecified atom stereocenters. The van der Waals surface area contributed by atoms with E-state index in [-0.39, 0.29) is 25.7 Å². The molecule has 0 aliphatic carbocycles. The van der Waals surface area contributed by atoms with Gasteiger partial charge in [0.15, 0.2) is 12.2 Å². The number of aliphatic hydroxyl groups excluding tert-OH is 1. The molecule has 606 valence electrons. The molecule has 6 atom stereocenters. The maximum Gasteiger partial charge on any atom is 0.472 e. The maximum absolute atomic E-state index is 13.1. The molecule has 0 radical (unpaired) electrons. The molecule has 0 saturated heterocycles. The number of hydrogen-bond acceptors (Lipinski definition) is 15. The van der Waals surface area contributed by atoms with Gasteiger partial charge >= 0.3 is 39.5 Å². The summed E-state index contributed by atoms with van der Waals surface area (Å²) in [6.07, 6.45) is 65.2. The zero-order valence-corrected chi connectivity index (χ0v) is 68.7. The molecule has 0 rings (SSSR count). The molecular formula is C83H162O17P2. The van der Waals surface area contributed by atoms with Gasteiger partial charge in [-0.2, -0.15) is 0 Å². The standard InChI is InChI=1S/C83H162O17P2/c1-7-10-12-14-16-18-20-22-23-24-25-26-27-30-34-38-42-49-55-61-67-82(87)99-78(71-93-81(86)66-60-54-48-41-37-33-31-28-29-32-35-39-45-51-57-63-75(4)5)73-97-101(89,90)95-69-77(84)70-96-102(91,92)98-74-79(100-83(88)68-62-56-50-44-43-46-52-58-64-76(6)9-3)72-94-80(85)65-59-53-47-40-36-21-19-17-15-13-11-8-2/h75-79,84H,7-74H2,1-6H3,(H,89,90)(H,91,92)/t76?,77-,78-,79-/m1/s1. The number of esters is 4. The van der Waals surface area contributed by atoms with E-state index in [2.05, 4.69) is 41.5 Å². The van der Waals surface area contributed by atoms with Crippen molar-refractivity contribution in [2.45, 2.75) is 458 Å². The zero-order valence-electron chi connectivity index (χ0n) is 66.9. The van der Waals surface area contributed by atoms with E-state index < -0.39 is 97.5 Å². The molecular weight excluding hydrogens is 1330 g/mol. The Labute approximate surface area is 626 Å². The van der Waals surface area contributed by atoms with Crippen molar-refractivity contribution in [1.82, 2.24) is 0 Å². The molecule has 0 aromatic carbocycles. The molecule has 0 heterocycles. The van der Waals surface area contributed by atoms with Gasteiger partial charge in [-0.1, -0.05) is 388 Å². The van der Waals surface area contributed by atoms with Crippen LogP contribution in [-0.2, 0) is 65.4 Å². The lowest BCUT2D eigenvalue weighted by Crippen LogP contribution is -2.30. The van der Waals surface area contributed by atoms with E-state index in [9.17, 15) is 43.2 Å². The summed E-state index contributed by atoms with van der Waals surface area (Å²) in [5.74, 6) is -0.531. The first-order valence-corrected chi connectivity index (χ1v) is 46.0. The molecule has 0 bridgehead atoms. The second-order valence-electron chi connectivity index (χ2n) is 30.6. The third-order valence-electron chi connectivity index (χ3n) is 19.8. The quantitative estimate of drug-likeness (QED) is 0.0222. The molecule has 0 aliphatic heterocycles. The summed E-state index contributed by atoms with van der Waals surface area (Å²) in [5, 5.41) is 10.7. The predicted molar refractivity (Wildman–Crippen MR) is 418 cm³/mol. The molecule has 17 nitrogen and oxygen atoms in total. The van der Waals surface area contributed by atoms with E-state index in [4.69, 9.17) is 37.0 Å². The Morgan fingerprint density at radius 1 is 0.284 bits per heavy atom. The van der Waals surface area contributed by atoms with Crippen LogP contribution in [-0.4, -0.2) is 96.7 Å². The number of rotatable bonds is 82. The van der Waals surface area contributed by atoms with Crippen LogP contribution in [0.3, 0.4) is 0 Å². The van der Waals surface area contributed by atoms with Gasteiger partial charge in [-0.05, 0) is 37.5 Å². The molecule has 0 aromatic heterocycles. The van der Waals surface area contributed by atoms with Crippen LogP contribution in [0.25, 0.3) is 0 Å². The normalized spacial score (nSPS) is 14.1. The van der Waals surface area contributed by atoms with E-state index >= 15 is 0 Å². The second-order valence-corrected chi connectivity index (χ2v) is 33.5. The maximum atomic E-state index is 13.1. The van der Waals surface area contributed by atoms with E-state index in [0.29, 0.717) is 25.7 Å². The summed E-state index contributed by atoms with van der Waals surface area (Å²) in [7, 11) is -9.92. The smallest absolute Gasteiger partial charge is 0.462 e. The number of carbonyl (C=O) groups excluding carboxylic acids is 4. The minimum Gasteiger partial charge on any atom is -0.462 e. The highest BCUT2D eigenvalue weighted by molar-refractivity contribution is 7.47. The number of phosphoric ester groups is 2. The summed E-state index contributed by atoms with van der Waals surface area (Å²) < 4.78 is 68.8. The van der Waals surface area contributed by atoms with Crippen LogP contribution in [0, 0.1) is 11.8 Å². The minimum atomic E-state index is -4.96. The fourth-order valence-electron chi connectivity index (χ4n) is 12.9. The molecule has 3 N–H and O–H groups in total. The predicted octanol–water partition coefficient (Wildman–Crippen LogP) is 25.1. The highest BCUT2D eigenvalue weighted by Crippen LogP contribution is 2.45. The first-order chi connectivity index (χ1) is 49.4. The summed E-state index contributed by atoms with van der Waals surface area (Å²) >= 11 is 0. The number of hydrogen-bond donors (Lipinski definition) is 3. The highest BCUT2D eigenvalue weighted by atomic mass is 31.2. The Morgan fingerprint density at radius 3 is 0.745 bits per heavy atom. The van der Waals surface area contributed by atoms with Gasteiger partial charge < -0.3 is 33.8 Å². The van der Waals surface area contributed by atoms with Crippen molar-refractivity contribution in [3.8, 4) is 0 Å². The number of aliphatic hydroxyl groups is 1. The number of ether oxygens (including phenoxy) is 4. The van der Waals surface area contributed by atoms with E-state index in [0.717, 1.165) is 102 Å². The fraction of sp³-hybridized carbons (Fsp3) is 0.952. The molecule has 0 spiro atoms. The SMILES string of the molecule is CCCCCCCCCCCCCCCCCCCCCCC(=O)O[C@H](COC(=O)CCCCCCCCCCCCCCCCCC(C)C)COP(=O)(O)OC[C@@H](O)COP(=O)(O)OC[C@@H](COC(=O)CCCCCCCCCCCCCC)OC(=O)CCCCCCCCCCC(C)CC. The van der Waals surface area contributed by atoms with Crippen LogP contribution >= 0.6 is 15.6 Å². The van der Waals surface area contributed by atoms with Gasteiger partial charge in [0.25, 0.3) is 0 Å². The van der Waals surface area contributed by atoms with Crippen molar-refractivity contribution in [2.75, 3.05) is 39.6 Å². The van der Waals surface area contributed by atoms with Crippen LogP contribution in [0.15, 0.2) is 0 Å². The van der Waals surface area contributed by atoms with Gasteiger partial charge in [0.05, 0.1) is 26.4 Å². The lowest BCUT2D eigenvalue weighted by molar-refractivity contribution is -0.161. The van der Waals surface area contributed by atoms with Gasteiger partial charge in [0, 0.05) is 25.7 Å². The molecule has 102 heavy (non-hydrogen) atoms. The highest BCUT2D eigenvalue weighted by Gasteiger charge is 2.30. The van der Waals surface area contributed by atoms with Gasteiger partial charge in [-0.25, -0.2) is 9.13 Å². The molecule has 0 aliphatic rings. The zero-order chi connectivity index (χ0) is 74.9. The Balaban J connectivity index is 5.24. The van der Waals surface area contributed by atoms with Crippen molar-refractivity contribution in [2.24, 2.45) is 11.8 Å². The largest absolute Gasteiger partial charge is 0.472 e. The molecule has 0 amide bonds. The van der Waals surface area contributed by atoms with Gasteiger partial charge in [-0.15, -0.1) is 0 Å². The van der Waals surface area contributed by atoms with E-state index in [1.54, 1.807) is 0 Å². The lowest BCUT2D eigenvalue weighted by atomic mass is 9.99. The number of unbranched alkanes of at least 4 members (excludes halogenated alkanes) is 51. The van der Waals surface area contributed by atoms with Gasteiger partial charge in [0.1, 0.15) is 19.3 Å². The number of phosphoric acid groups is 2. The van der Waals surface area contributed by atoms with Crippen LogP contribution in [0.1, 0.15) is 440 Å². The average molecular weight is 1490 g/mol. The van der Waals surface area contributed by atoms with Crippen LogP contribution < -0.4 is 0 Å². The monoisotopic (exact) mass is 1490 g/mol. The third-order valence-corrected chi connectivity index (χ3v) is 21.7. The molecule has 0 aromatic rings. The summed E-state index contributed by atoms with van der Waals surface area (Å²) in [4.78, 5) is 73.1. The Hall–Kier alpha value is -1.94. The average Bonchev–Trinajstić information content (AvgIpc) is 0.952. The first kappa shape index (κ1) is 100. The van der Waals surface area contributed by atoms with Crippen LogP contribution in [0.5, 0.6) is 0 Å².